The van der Waals surface area contributed by atoms with Crippen LogP contribution in [0.4, 0.5) is 0 Å². The van der Waals surface area contributed by atoms with Crippen molar-refractivity contribution >= 4 is 0 Å². The highest BCUT2D eigenvalue weighted by Gasteiger charge is 2.00. The Morgan fingerprint density at radius 1 is 0.923 bits per heavy atom. The average Bonchev–Trinajstić information content (AvgIpc) is 2.11. The lowest BCUT2D eigenvalue weighted by Crippen LogP contribution is -2.04. The van der Waals surface area contributed by atoms with Crippen LogP contribution in [0.25, 0.3) is 0 Å². The number of allylic oxidation sites excluding steroid dienone is 3. The average molecular weight is 180 g/mol. The van der Waals surface area contributed by atoms with Crippen LogP contribution in [0.2, 0.25) is 0 Å². The number of hydrogen-bond acceptors (Lipinski definition) is 1. The molecular formula is C12H20O. The Balaban J connectivity index is 2.31. The molecule has 1 aliphatic carbocycles. The van der Waals surface area contributed by atoms with Crippen LogP contribution in [-0.4, -0.2) is 11.2 Å². The molecule has 0 heterocycles. The zero-order chi connectivity index (χ0) is 9.36. The molecule has 0 radical (unpaired) electrons. The fraction of sp³-hybridized carbons (Fsp3) is 0.667. The molecule has 0 bridgehead atoms. The van der Waals surface area contributed by atoms with Crippen molar-refractivity contribution in [2.45, 2.75) is 51.0 Å². The topological polar surface area (TPSA) is 20.2 Å². The minimum Gasteiger partial charge on any atom is -0.393 e. The van der Waals surface area contributed by atoms with Gasteiger partial charge in [-0.2, -0.15) is 0 Å². The van der Waals surface area contributed by atoms with E-state index in [9.17, 15) is 5.11 Å². The maximum atomic E-state index is 9.52. The lowest BCUT2D eigenvalue weighted by Gasteiger charge is -2.07. The van der Waals surface area contributed by atoms with Crippen molar-refractivity contribution in [3.8, 4) is 0 Å². The van der Waals surface area contributed by atoms with Gasteiger partial charge in [0.1, 0.15) is 0 Å². The molecule has 1 atom stereocenters. The van der Waals surface area contributed by atoms with Gasteiger partial charge in [0, 0.05) is 0 Å². The number of rotatable bonds is 0. The van der Waals surface area contributed by atoms with Gasteiger partial charge in [0.25, 0.3) is 0 Å². The summed E-state index contributed by atoms with van der Waals surface area (Å²) in [5, 5.41) is 9.52. The van der Waals surface area contributed by atoms with Crippen LogP contribution in [0.1, 0.15) is 44.9 Å². The Labute approximate surface area is 81.2 Å². The third-order valence-corrected chi connectivity index (χ3v) is 2.45. The molecular weight excluding hydrogens is 160 g/mol. The maximum Gasteiger partial charge on any atom is 0.0574 e. The fourth-order valence-electron chi connectivity index (χ4n) is 1.60. The smallest absolute Gasteiger partial charge is 0.0574 e. The van der Waals surface area contributed by atoms with E-state index in [1.54, 1.807) is 0 Å². The van der Waals surface area contributed by atoms with E-state index in [-0.39, 0.29) is 6.10 Å². The first kappa shape index (κ1) is 10.5. The molecule has 0 saturated heterocycles. The van der Waals surface area contributed by atoms with E-state index in [2.05, 4.69) is 18.2 Å². The standard InChI is InChI=1S/C12H20O/c13-12-10-8-6-4-2-1-3-5-7-9-11-12/h2,4,6,8,12-13H,1,3,5,7,9-11H2/b4-2-,8-6-. The molecule has 0 saturated carbocycles. The van der Waals surface area contributed by atoms with Crippen LogP contribution in [0.15, 0.2) is 24.3 Å². The van der Waals surface area contributed by atoms with Gasteiger partial charge in [-0.3, -0.25) is 0 Å². The van der Waals surface area contributed by atoms with Gasteiger partial charge in [-0.25, -0.2) is 0 Å². The second-order valence-electron chi connectivity index (χ2n) is 3.74. The van der Waals surface area contributed by atoms with E-state index in [0.717, 1.165) is 12.8 Å². The molecule has 1 nitrogen and oxygen atoms in total. The minimum atomic E-state index is -0.121. The minimum absolute atomic E-state index is 0.121. The Kier molecular flexibility index (Phi) is 5.59. The van der Waals surface area contributed by atoms with Gasteiger partial charge >= 0.3 is 0 Å². The monoisotopic (exact) mass is 180 g/mol. The molecule has 1 heteroatoms. The highest BCUT2D eigenvalue weighted by Crippen LogP contribution is 2.10. The molecule has 1 rings (SSSR count). The summed E-state index contributed by atoms with van der Waals surface area (Å²) in [5.41, 5.74) is 0. The molecule has 0 aromatic heterocycles. The number of aliphatic hydroxyl groups excluding tert-OH is 1. The molecule has 1 N–H and O–H groups in total. The molecule has 0 spiro atoms. The summed E-state index contributed by atoms with van der Waals surface area (Å²) in [6.07, 6.45) is 16.3. The summed E-state index contributed by atoms with van der Waals surface area (Å²) in [4.78, 5) is 0. The SMILES string of the molecule is OC1C/C=C\C=C/CCCCCC1. The first-order chi connectivity index (χ1) is 6.39. The third kappa shape index (κ3) is 5.64. The van der Waals surface area contributed by atoms with Crippen LogP contribution in [-0.2, 0) is 0 Å². The maximum absolute atomic E-state index is 9.52. The lowest BCUT2D eigenvalue weighted by molar-refractivity contribution is 0.163. The van der Waals surface area contributed by atoms with Crippen LogP contribution in [0.5, 0.6) is 0 Å². The van der Waals surface area contributed by atoms with Gasteiger partial charge in [0.15, 0.2) is 0 Å². The molecule has 0 fully saturated rings. The molecule has 0 amide bonds. The van der Waals surface area contributed by atoms with E-state index in [1.807, 2.05) is 6.08 Å². The van der Waals surface area contributed by atoms with Gasteiger partial charge < -0.3 is 5.11 Å². The van der Waals surface area contributed by atoms with Gasteiger partial charge in [-0.15, -0.1) is 0 Å². The third-order valence-electron chi connectivity index (χ3n) is 2.45. The summed E-state index contributed by atoms with van der Waals surface area (Å²) >= 11 is 0. The van der Waals surface area contributed by atoms with Crippen LogP contribution in [0.3, 0.4) is 0 Å². The second-order valence-corrected chi connectivity index (χ2v) is 3.74. The van der Waals surface area contributed by atoms with Crippen molar-refractivity contribution in [3.63, 3.8) is 0 Å². The van der Waals surface area contributed by atoms with Gasteiger partial charge in [0.05, 0.1) is 6.10 Å². The van der Waals surface area contributed by atoms with Gasteiger partial charge in [-0.05, 0) is 25.7 Å². The summed E-state index contributed by atoms with van der Waals surface area (Å²) in [6.45, 7) is 0. The van der Waals surface area contributed by atoms with Crippen molar-refractivity contribution in [1.82, 2.24) is 0 Å². The zero-order valence-corrected chi connectivity index (χ0v) is 8.28. The molecule has 13 heavy (non-hydrogen) atoms. The van der Waals surface area contributed by atoms with E-state index in [4.69, 9.17) is 0 Å². The highest BCUT2D eigenvalue weighted by atomic mass is 16.3. The van der Waals surface area contributed by atoms with Crippen LogP contribution >= 0.6 is 0 Å². The highest BCUT2D eigenvalue weighted by molar-refractivity contribution is 5.02. The first-order valence-electron chi connectivity index (χ1n) is 5.39. The molecule has 0 aromatic carbocycles. The predicted octanol–water partition coefficient (Wildman–Crippen LogP) is 3.20. The Morgan fingerprint density at radius 2 is 1.69 bits per heavy atom. The van der Waals surface area contributed by atoms with Crippen molar-refractivity contribution in [2.75, 3.05) is 0 Å². The Morgan fingerprint density at radius 3 is 2.62 bits per heavy atom. The predicted molar refractivity (Wildman–Crippen MR) is 56.6 cm³/mol. The molecule has 0 aromatic rings. The number of aliphatic hydroxyl groups is 1. The van der Waals surface area contributed by atoms with E-state index in [0.29, 0.717) is 0 Å². The van der Waals surface area contributed by atoms with Crippen molar-refractivity contribution in [3.05, 3.63) is 24.3 Å². The van der Waals surface area contributed by atoms with Crippen molar-refractivity contribution in [1.29, 1.82) is 0 Å². The lowest BCUT2D eigenvalue weighted by atomic mass is 10.0. The summed E-state index contributed by atoms with van der Waals surface area (Å²) < 4.78 is 0. The van der Waals surface area contributed by atoms with Crippen molar-refractivity contribution < 1.29 is 5.11 Å². The van der Waals surface area contributed by atoms with Crippen molar-refractivity contribution in [2.24, 2.45) is 0 Å². The summed E-state index contributed by atoms with van der Waals surface area (Å²) in [5.74, 6) is 0. The van der Waals surface area contributed by atoms with E-state index >= 15 is 0 Å². The quantitative estimate of drug-likeness (QED) is 0.607. The van der Waals surface area contributed by atoms with E-state index < -0.39 is 0 Å². The molecule has 0 aliphatic heterocycles. The molecule has 1 unspecified atom stereocenters. The van der Waals surface area contributed by atoms with Crippen LogP contribution in [0, 0.1) is 0 Å². The number of hydrogen-bond donors (Lipinski definition) is 1. The summed E-state index contributed by atoms with van der Waals surface area (Å²) in [6, 6.07) is 0. The first-order valence-corrected chi connectivity index (χ1v) is 5.39. The molecule has 1 aliphatic rings. The second kappa shape index (κ2) is 6.90. The van der Waals surface area contributed by atoms with Gasteiger partial charge in [-0.1, -0.05) is 43.6 Å². The van der Waals surface area contributed by atoms with Crippen LogP contribution < -0.4 is 0 Å². The largest absolute Gasteiger partial charge is 0.393 e. The fourth-order valence-corrected chi connectivity index (χ4v) is 1.60. The Hall–Kier alpha value is -0.560. The molecule has 74 valence electrons. The van der Waals surface area contributed by atoms with Gasteiger partial charge in [0.2, 0.25) is 0 Å². The normalized spacial score (nSPS) is 31.3. The zero-order valence-electron chi connectivity index (χ0n) is 8.28. The summed E-state index contributed by atoms with van der Waals surface area (Å²) in [7, 11) is 0. The van der Waals surface area contributed by atoms with E-state index in [1.165, 1.54) is 32.1 Å². The Bertz CT molecular complexity index is 170.